The first-order valence-electron chi connectivity index (χ1n) is 6.41. The molecule has 1 aliphatic rings. The average molecular weight is 254 g/mol. The van der Waals surface area contributed by atoms with E-state index in [4.69, 9.17) is 0 Å². The van der Waals surface area contributed by atoms with Gasteiger partial charge < -0.3 is 10.4 Å². The molecule has 0 amide bonds. The van der Waals surface area contributed by atoms with Crippen LogP contribution in [0.3, 0.4) is 0 Å². The normalized spacial score (nSPS) is 29.5. The lowest BCUT2D eigenvalue weighted by molar-refractivity contribution is 0.0985. The van der Waals surface area contributed by atoms with Crippen molar-refractivity contribution in [3.63, 3.8) is 0 Å². The van der Waals surface area contributed by atoms with Gasteiger partial charge in [0.15, 0.2) is 0 Å². The van der Waals surface area contributed by atoms with Gasteiger partial charge in [0.25, 0.3) is 0 Å². The van der Waals surface area contributed by atoms with Crippen molar-refractivity contribution < 1.29 is 5.11 Å². The Bertz CT molecular complexity index is 366. The standard InChI is InChI=1S/C13H22N2OS/c1-10-4-3-5-13(6-10,9-16)15-8-12-7-14-11(2)17-12/h7,10,15-16H,3-6,8-9H2,1-2H3. The molecule has 0 spiro atoms. The maximum Gasteiger partial charge on any atom is 0.0897 e. The predicted octanol–water partition coefficient (Wildman–Crippen LogP) is 2.48. The summed E-state index contributed by atoms with van der Waals surface area (Å²) in [6, 6.07) is 0. The van der Waals surface area contributed by atoms with Crippen LogP contribution in [-0.2, 0) is 6.54 Å². The fourth-order valence-corrected chi connectivity index (χ4v) is 3.52. The fraction of sp³-hybridized carbons (Fsp3) is 0.769. The zero-order valence-electron chi connectivity index (χ0n) is 10.7. The smallest absolute Gasteiger partial charge is 0.0897 e. The van der Waals surface area contributed by atoms with Gasteiger partial charge in [0.2, 0.25) is 0 Å². The van der Waals surface area contributed by atoms with E-state index >= 15 is 0 Å². The minimum atomic E-state index is -0.0600. The Hall–Kier alpha value is -0.450. The fourth-order valence-electron chi connectivity index (χ4n) is 2.78. The number of rotatable bonds is 4. The van der Waals surface area contributed by atoms with Crippen molar-refractivity contribution in [3.8, 4) is 0 Å². The lowest BCUT2D eigenvalue weighted by Gasteiger charge is -2.39. The van der Waals surface area contributed by atoms with Crippen LogP contribution < -0.4 is 5.32 Å². The summed E-state index contributed by atoms with van der Waals surface area (Å²) in [5.74, 6) is 0.714. The molecule has 0 aromatic carbocycles. The summed E-state index contributed by atoms with van der Waals surface area (Å²) in [4.78, 5) is 5.52. The lowest BCUT2D eigenvalue weighted by atomic mass is 9.77. The minimum Gasteiger partial charge on any atom is -0.394 e. The van der Waals surface area contributed by atoms with Gasteiger partial charge in [0, 0.05) is 23.2 Å². The monoisotopic (exact) mass is 254 g/mol. The number of nitrogens with one attached hydrogen (secondary N) is 1. The van der Waals surface area contributed by atoms with E-state index in [0.717, 1.165) is 24.4 Å². The second-order valence-corrected chi connectivity index (χ2v) is 6.66. The molecule has 96 valence electrons. The molecule has 3 nitrogen and oxygen atoms in total. The van der Waals surface area contributed by atoms with E-state index in [1.54, 1.807) is 11.3 Å². The molecular formula is C13H22N2OS. The van der Waals surface area contributed by atoms with Crippen LogP contribution in [0.25, 0.3) is 0 Å². The SMILES string of the molecule is Cc1ncc(CNC2(CO)CCCC(C)C2)s1. The topological polar surface area (TPSA) is 45.2 Å². The third kappa shape index (κ3) is 3.27. The van der Waals surface area contributed by atoms with E-state index < -0.39 is 0 Å². The summed E-state index contributed by atoms with van der Waals surface area (Å²) in [5, 5.41) is 14.3. The predicted molar refractivity (Wildman–Crippen MR) is 71.1 cm³/mol. The summed E-state index contributed by atoms with van der Waals surface area (Å²) in [7, 11) is 0. The third-order valence-corrected chi connectivity index (χ3v) is 4.61. The highest BCUT2D eigenvalue weighted by molar-refractivity contribution is 7.11. The first kappa shape index (κ1) is 13.0. The van der Waals surface area contributed by atoms with E-state index in [0.29, 0.717) is 5.92 Å². The quantitative estimate of drug-likeness (QED) is 0.867. The van der Waals surface area contributed by atoms with Crippen LogP contribution in [0, 0.1) is 12.8 Å². The first-order chi connectivity index (χ1) is 8.13. The number of aliphatic hydroxyl groups excluding tert-OH is 1. The average Bonchev–Trinajstić information content (AvgIpc) is 2.73. The number of nitrogens with zero attached hydrogens (tertiary/aromatic N) is 1. The van der Waals surface area contributed by atoms with E-state index in [2.05, 4.69) is 17.2 Å². The molecule has 1 heterocycles. The molecule has 0 radical (unpaired) electrons. The third-order valence-electron chi connectivity index (χ3n) is 3.70. The molecular weight excluding hydrogens is 232 g/mol. The largest absolute Gasteiger partial charge is 0.394 e. The van der Waals surface area contributed by atoms with Crippen molar-refractivity contribution in [2.45, 2.75) is 51.6 Å². The Morgan fingerprint density at radius 3 is 3.06 bits per heavy atom. The summed E-state index contributed by atoms with van der Waals surface area (Å²) < 4.78 is 0. The van der Waals surface area contributed by atoms with Crippen LogP contribution in [0.4, 0.5) is 0 Å². The Balaban J connectivity index is 1.94. The molecule has 2 atom stereocenters. The van der Waals surface area contributed by atoms with Gasteiger partial charge >= 0.3 is 0 Å². The van der Waals surface area contributed by atoms with Crippen molar-refractivity contribution >= 4 is 11.3 Å². The van der Waals surface area contributed by atoms with Crippen LogP contribution in [0.15, 0.2) is 6.20 Å². The van der Waals surface area contributed by atoms with Crippen molar-refractivity contribution in [2.24, 2.45) is 5.92 Å². The number of aryl methyl sites for hydroxylation is 1. The number of thiazole rings is 1. The van der Waals surface area contributed by atoms with Gasteiger partial charge in [-0.3, -0.25) is 0 Å². The van der Waals surface area contributed by atoms with E-state index in [-0.39, 0.29) is 12.1 Å². The van der Waals surface area contributed by atoms with Crippen LogP contribution in [0.5, 0.6) is 0 Å². The Morgan fingerprint density at radius 1 is 1.65 bits per heavy atom. The zero-order chi connectivity index (χ0) is 12.3. The van der Waals surface area contributed by atoms with Crippen molar-refractivity contribution in [1.82, 2.24) is 10.3 Å². The van der Waals surface area contributed by atoms with E-state index in [1.807, 2.05) is 13.1 Å². The molecule has 0 saturated heterocycles. The molecule has 2 N–H and O–H groups in total. The molecule has 0 bridgehead atoms. The molecule has 17 heavy (non-hydrogen) atoms. The Morgan fingerprint density at radius 2 is 2.47 bits per heavy atom. The number of hydrogen-bond donors (Lipinski definition) is 2. The van der Waals surface area contributed by atoms with Crippen LogP contribution >= 0.6 is 11.3 Å². The van der Waals surface area contributed by atoms with Crippen molar-refractivity contribution in [3.05, 3.63) is 16.1 Å². The number of aromatic nitrogens is 1. The second kappa shape index (κ2) is 5.46. The second-order valence-electron chi connectivity index (χ2n) is 5.34. The molecule has 4 heteroatoms. The van der Waals surface area contributed by atoms with Gasteiger partial charge in [-0.25, -0.2) is 4.98 Å². The van der Waals surface area contributed by atoms with Gasteiger partial charge in [-0.15, -0.1) is 11.3 Å². The van der Waals surface area contributed by atoms with Crippen molar-refractivity contribution in [2.75, 3.05) is 6.61 Å². The molecule has 1 aromatic rings. The van der Waals surface area contributed by atoms with Crippen molar-refractivity contribution in [1.29, 1.82) is 0 Å². The van der Waals surface area contributed by atoms with Gasteiger partial charge in [-0.1, -0.05) is 19.8 Å². The van der Waals surface area contributed by atoms with Crippen LogP contribution in [0.1, 0.15) is 42.5 Å². The molecule has 2 rings (SSSR count). The Labute approximate surface area is 107 Å². The highest BCUT2D eigenvalue weighted by Crippen LogP contribution is 2.32. The van der Waals surface area contributed by atoms with E-state index in [1.165, 1.54) is 17.7 Å². The molecule has 1 aromatic heterocycles. The molecule has 1 aliphatic carbocycles. The minimum absolute atomic E-state index is 0.0600. The molecule has 2 unspecified atom stereocenters. The van der Waals surface area contributed by atoms with E-state index in [9.17, 15) is 5.11 Å². The summed E-state index contributed by atoms with van der Waals surface area (Å²) in [6.07, 6.45) is 6.62. The van der Waals surface area contributed by atoms with Gasteiger partial charge in [0.05, 0.1) is 11.6 Å². The highest BCUT2D eigenvalue weighted by Gasteiger charge is 2.33. The summed E-state index contributed by atoms with van der Waals surface area (Å²) in [5.41, 5.74) is -0.0600. The maximum absolute atomic E-state index is 9.67. The Kier molecular flexibility index (Phi) is 4.17. The van der Waals surface area contributed by atoms with Crippen LogP contribution in [-0.4, -0.2) is 22.2 Å². The molecule has 0 aliphatic heterocycles. The highest BCUT2D eigenvalue weighted by atomic mass is 32.1. The maximum atomic E-state index is 9.67. The van der Waals surface area contributed by atoms with Crippen LogP contribution in [0.2, 0.25) is 0 Å². The lowest BCUT2D eigenvalue weighted by Crippen LogP contribution is -2.50. The number of aliphatic hydroxyl groups is 1. The summed E-state index contributed by atoms with van der Waals surface area (Å²) >= 11 is 1.73. The zero-order valence-corrected chi connectivity index (χ0v) is 11.5. The molecule has 1 saturated carbocycles. The molecule has 1 fully saturated rings. The van der Waals surface area contributed by atoms with Gasteiger partial charge in [0.1, 0.15) is 0 Å². The van der Waals surface area contributed by atoms with Gasteiger partial charge in [-0.05, 0) is 25.7 Å². The summed E-state index contributed by atoms with van der Waals surface area (Å²) in [6.45, 7) is 5.38. The first-order valence-corrected chi connectivity index (χ1v) is 7.22. The number of hydrogen-bond acceptors (Lipinski definition) is 4. The van der Waals surface area contributed by atoms with Gasteiger partial charge in [-0.2, -0.15) is 0 Å².